The molecule has 1 fully saturated rings. The summed E-state index contributed by atoms with van der Waals surface area (Å²) in [5, 5.41) is 4.08. The molecule has 0 aliphatic carbocycles. The number of nitrogens with one attached hydrogen (secondary N) is 1. The predicted octanol–water partition coefficient (Wildman–Crippen LogP) is 4.86. The molecule has 0 saturated carbocycles. The van der Waals surface area contributed by atoms with Crippen LogP contribution in [0.1, 0.15) is 42.5 Å². The fraction of sp³-hybridized carbons (Fsp3) is 0.333. The number of piperazine rings is 1. The highest BCUT2D eigenvalue weighted by Crippen LogP contribution is 2.29. The van der Waals surface area contributed by atoms with Crippen LogP contribution in [-0.2, 0) is 11.2 Å². The van der Waals surface area contributed by atoms with Gasteiger partial charge in [0.05, 0.1) is 0 Å². The standard InChI is InChI=1S/C27H31Cl2N7O3/c1-27(2,3)39-26(38)36-13-11-35(12-14-36)17-9-7-16(8-10-17)32-25-22(24(31)37)23(30)33-21(34-25)15-18-19(28)5-4-6-20(18)29/h4-10H,11-15H2,1-3H3,(H2,31,37)(H3,30,32,33,34). The van der Waals surface area contributed by atoms with Crippen LogP contribution in [0, 0.1) is 0 Å². The van der Waals surface area contributed by atoms with Crippen molar-refractivity contribution in [2.75, 3.05) is 42.1 Å². The first-order chi connectivity index (χ1) is 18.4. The van der Waals surface area contributed by atoms with Gasteiger partial charge in [0.25, 0.3) is 5.91 Å². The number of anilines is 4. The number of nitrogens with two attached hydrogens (primary N) is 2. The van der Waals surface area contributed by atoms with Gasteiger partial charge in [-0.25, -0.2) is 14.8 Å². The SMILES string of the molecule is CC(C)(C)OC(=O)N1CCN(c2ccc(Nc3nc(Cc4c(Cl)cccc4Cl)nc(N)c3C(N)=O)cc2)CC1. The Balaban J connectivity index is 1.48. The first-order valence-electron chi connectivity index (χ1n) is 12.4. The number of primary amides is 1. The van der Waals surface area contributed by atoms with Crippen molar-refractivity contribution in [1.29, 1.82) is 0 Å². The Morgan fingerprint density at radius 2 is 1.62 bits per heavy atom. The molecule has 10 nitrogen and oxygen atoms in total. The number of nitrogens with zero attached hydrogens (tertiary/aromatic N) is 4. The summed E-state index contributed by atoms with van der Waals surface area (Å²) in [6, 6.07) is 12.8. The van der Waals surface area contributed by atoms with Gasteiger partial charge in [-0.2, -0.15) is 0 Å². The quantitative estimate of drug-likeness (QED) is 0.381. The zero-order valence-corrected chi connectivity index (χ0v) is 23.5. The molecule has 2 amide bonds. The van der Waals surface area contributed by atoms with Crippen molar-refractivity contribution in [1.82, 2.24) is 14.9 Å². The molecular weight excluding hydrogens is 541 g/mol. The lowest BCUT2D eigenvalue weighted by Gasteiger charge is -2.36. The van der Waals surface area contributed by atoms with Crippen molar-refractivity contribution in [3.05, 3.63) is 69.5 Å². The second-order valence-electron chi connectivity index (χ2n) is 10.1. The third-order valence-electron chi connectivity index (χ3n) is 6.05. The van der Waals surface area contributed by atoms with Crippen LogP contribution in [-0.4, -0.2) is 58.6 Å². The van der Waals surface area contributed by atoms with Crippen LogP contribution < -0.4 is 21.7 Å². The van der Waals surface area contributed by atoms with Gasteiger partial charge in [0, 0.05) is 54.0 Å². The van der Waals surface area contributed by atoms with Crippen LogP contribution in [0.25, 0.3) is 0 Å². The minimum absolute atomic E-state index is 0.00801. The Hall–Kier alpha value is -3.76. The summed E-state index contributed by atoms with van der Waals surface area (Å²) in [5.74, 6) is -0.282. The van der Waals surface area contributed by atoms with Crippen molar-refractivity contribution in [2.24, 2.45) is 5.73 Å². The van der Waals surface area contributed by atoms with E-state index in [0.29, 0.717) is 53.3 Å². The van der Waals surface area contributed by atoms with Gasteiger partial charge in [0.2, 0.25) is 0 Å². The van der Waals surface area contributed by atoms with Gasteiger partial charge in [-0.3, -0.25) is 4.79 Å². The Kier molecular flexibility index (Phi) is 8.36. The lowest BCUT2D eigenvalue weighted by molar-refractivity contribution is 0.0240. The number of halogens is 2. The Morgan fingerprint density at radius 1 is 1.00 bits per heavy atom. The molecule has 12 heteroatoms. The monoisotopic (exact) mass is 571 g/mol. The topological polar surface area (TPSA) is 140 Å². The number of aromatic nitrogens is 2. The fourth-order valence-corrected chi connectivity index (χ4v) is 4.70. The smallest absolute Gasteiger partial charge is 0.410 e. The van der Waals surface area contributed by atoms with E-state index in [9.17, 15) is 9.59 Å². The molecule has 0 unspecified atom stereocenters. The Morgan fingerprint density at radius 3 is 2.18 bits per heavy atom. The first-order valence-corrected chi connectivity index (χ1v) is 13.2. The van der Waals surface area contributed by atoms with Crippen molar-refractivity contribution in [3.63, 3.8) is 0 Å². The summed E-state index contributed by atoms with van der Waals surface area (Å²) >= 11 is 12.6. The van der Waals surface area contributed by atoms with Crippen molar-refractivity contribution in [3.8, 4) is 0 Å². The second-order valence-corrected chi connectivity index (χ2v) is 10.9. The van der Waals surface area contributed by atoms with Gasteiger partial charge in [0.1, 0.15) is 28.6 Å². The lowest BCUT2D eigenvalue weighted by atomic mass is 10.1. The summed E-state index contributed by atoms with van der Waals surface area (Å²) < 4.78 is 5.47. The maximum absolute atomic E-state index is 12.3. The van der Waals surface area contributed by atoms with Gasteiger partial charge in [-0.05, 0) is 62.7 Å². The van der Waals surface area contributed by atoms with E-state index < -0.39 is 11.5 Å². The van der Waals surface area contributed by atoms with Crippen LogP contribution in [0.5, 0.6) is 0 Å². The van der Waals surface area contributed by atoms with Crippen LogP contribution in [0.15, 0.2) is 42.5 Å². The minimum Gasteiger partial charge on any atom is -0.444 e. The van der Waals surface area contributed by atoms with Crippen molar-refractivity contribution >= 4 is 58.2 Å². The lowest BCUT2D eigenvalue weighted by Crippen LogP contribution is -2.50. The van der Waals surface area contributed by atoms with E-state index in [1.807, 2.05) is 45.0 Å². The molecule has 0 atom stereocenters. The zero-order valence-electron chi connectivity index (χ0n) is 22.0. The molecule has 4 rings (SSSR count). The average Bonchev–Trinajstić information content (AvgIpc) is 2.85. The highest BCUT2D eigenvalue weighted by molar-refractivity contribution is 6.36. The molecule has 2 aromatic carbocycles. The summed E-state index contributed by atoms with van der Waals surface area (Å²) in [6.07, 6.45) is -0.0859. The van der Waals surface area contributed by atoms with E-state index in [1.165, 1.54) is 0 Å². The number of carbonyl (C=O) groups excluding carboxylic acids is 2. The van der Waals surface area contributed by atoms with E-state index in [-0.39, 0.29) is 29.7 Å². The molecule has 1 aliphatic heterocycles. The fourth-order valence-electron chi connectivity index (χ4n) is 4.16. The van der Waals surface area contributed by atoms with Crippen LogP contribution in [0.2, 0.25) is 10.0 Å². The van der Waals surface area contributed by atoms with Gasteiger partial charge in [0.15, 0.2) is 0 Å². The van der Waals surface area contributed by atoms with Gasteiger partial charge >= 0.3 is 6.09 Å². The number of benzene rings is 2. The van der Waals surface area contributed by atoms with Gasteiger partial charge in [-0.1, -0.05) is 29.3 Å². The van der Waals surface area contributed by atoms with Crippen LogP contribution in [0.3, 0.4) is 0 Å². The number of nitrogen functional groups attached to an aromatic ring is 1. The molecule has 1 saturated heterocycles. The van der Waals surface area contributed by atoms with Crippen LogP contribution >= 0.6 is 23.2 Å². The molecule has 3 aromatic rings. The highest BCUT2D eigenvalue weighted by atomic mass is 35.5. The third kappa shape index (κ3) is 7.01. The van der Waals surface area contributed by atoms with Crippen LogP contribution in [0.4, 0.5) is 27.8 Å². The molecule has 39 heavy (non-hydrogen) atoms. The van der Waals surface area contributed by atoms with Crippen molar-refractivity contribution in [2.45, 2.75) is 32.8 Å². The first kappa shape index (κ1) is 28.3. The molecule has 0 spiro atoms. The summed E-state index contributed by atoms with van der Waals surface area (Å²) in [6.45, 7) is 8.05. The molecule has 1 aromatic heterocycles. The van der Waals surface area contributed by atoms with E-state index in [2.05, 4.69) is 20.2 Å². The molecule has 1 aliphatic rings. The number of amides is 2. The molecule has 0 bridgehead atoms. The number of carbonyl (C=O) groups is 2. The Bertz CT molecular complexity index is 1350. The number of rotatable bonds is 6. The number of ether oxygens (including phenoxy) is 1. The van der Waals surface area contributed by atoms with E-state index in [1.54, 1.807) is 23.1 Å². The van der Waals surface area contributed by atoms with Gasteiger partial charge in [-0.15, -0.1) is 0 Å². The normalized spacial score (nSPS) is 13.8. The van der Waals surface area contributed by atoms with E-state index in [4.69, 9.17) is 39.4 Å². The molecule has 2 heterocycles. The predicted molar refractivity (Wildman–Crippen MR) is 154 cm³/mol. The zero-order chi connectivity index (χ0) is 28.3. The van der Waals surface area contributed by atoms with E-state index in [0.717, 1.165) is 5.69 Å². The Labute approximate surface area is 237 Å². The second kappa shape index (κ2) is 11.5. The summed E-state index contributed by atoms with van der Waals surface area (Å²) in [7, 11) is 0. The molecule has 0 radical (unpaired) electrons. The minimum atomic E-state index is -0.753. The summed E-state index contributed by atoms with van der Waals surface area (Å²) in [5.41, 5.74) is 13.5. The van der Waals surface area contributed by atoms with Gasteiger partial charge < -0.3 is 31.3 Å². The average molecular weight is 572 g/mol. The maximum atomic E-state index is 12.3. The molecule has 206 valence electrons. The van der Waals surface area contributed by atoms with E-state index >= 15 is 0 Å². The molecular formula is C27H31Cl2N7O3. The van der Waals surface area contributed by atoms with Crippen molar-refractivity contribution < 1.29 is 14.3 Å². The summed E-state index contributed by atoms with van der Waals surface area (Å²) in [4.78, 5) is 37.2. The number of hydrogen-bond donors (Lipinski definition) is 3. The highest BCUT2D eigenvalue weighted by Gasteiger charge is 2.26. The maximum Gasteiger partial charge on any atom is 0.410 e. The largest absolute Gasteiger partial charge is 0.444 e. The third-order valence-corrected chi connectivity index (χ3v) is 6.76. The molecule has 5 N–H and O–H groups in total. The number of hydrogen-bond acceptors (Lipinski definition) is 8.